The molecule has 2 N–H and O–H groups in total. The number of hydrogen-bond acceptors (Lipinski definition) is 5. The Morgan fingerprint density at radius 3 is 2.75 bits per heavy atom. The van der Waals surface area contributed by atoms with Gasteiger partial charge in [-0.05, 0) is 72.9 Å². The number of rotatable bonds is 5. The van der Waals surface area contributed by atoms with Crippen molar-refractivity contribution in [2.45, 2.75) is 38.7 Å². The van der Waals surface area contributed by atoms with Crippen LogP contribution in [0.5, 0.6) is 11.5 Å². The highest BCUT2D eigenvalue weighted by Crippen LogP contribution is 2.36. The molecule has 0 unspecified atom stereocenters. The Morgan fingerprint density at radius 2 is 2.12 bits per heavy atom. The highest BCUT2D eigenvalue weighted by Gasteiger charge is 2.20. The first kappa shape index (κ1) is 17.1. The van der Waals surface area contributed by atoms with Crippen molar-refractivity contribution < 1.29 is 9.47 Å². The zero-order chi connectivity index (χ0) is 17.1. The Morgan fingerprint density at radius 1 is 1.38 bits per heavy atom. The molecule has 0 atom stereocenters. The van der Waals surface area contributed by atoms with E-state index in [1.807, 2.05) is 19.1 Å². The fraction of sp³-hybridized carbons (Fsp3) is 0.412. The Labute approximate surface area is 155 Å². The van der Waals surface area contributed by atoms with Crippen molar-refractivity contribution >= 4 is 34.8 Å². The molecule has 2 aromatic rings. The Kier molecular flexibility index (Phi) is 5.27. The second-order valence-electron chi connectivity index (χ2n) is 5.89. The van der Waals surface area contributed by atoms with Crippen LogP contribution in [0.4, 0.5) is 5.95 Å². The van der Waals surface area contributed by atoms with Crippen molar-refractivity contribution in [3.05, 3.63) is 33.2 Å². The van der Waals surface area contributed by atoms with Crippen LogP contribution in [0.1, 0.15) is 36.9 Å². The minimum Gasteiger partial charge on any atom is -0.493 e. The summed E-state index contributed by atoms with van der Waals surface area (Å²) >= 11 is 2.28. The first-order valence-electron chi connectivity index (χ1n) is 7.97. The average molecular weight is 440 g/mol. The molecule has 0 spiro atoms. The molecule has 0 radical (unpaired) electrons. The molecule has 0 aliphatic heterocycles. The number of hydrogen-bond donors (Lipinski definition) is 1. The van der Waals surface area contributed by atoms with Crippen LogP contribution >= 0.6 is 22.6 Å². The summed E-state index contributed by atoms with van der Waals surface area (Å²) in [6.45, 7) is 1.88. The maximum Gasteiger partial charge on any atom is 0.221 e. The van der Waals surface area contributed by atoms with E-state index in [2.05, 4.69) is 32.7 Å². The van der Waals surface area contributed by atoms with E-state index in [4.69, 9.17) is 15.2 Å². The Hall–Kier alpha value is -1.77. The minimum absolute atomic E-state index is 0.292. The quantitative estimate of drug-likeness (QED) is 0.570. The van der Waals surface area contributed by atoms with Gasteiger partial charge in [0, 0.05) is 0 Å². The monoisotopic (exact) mass is 440 g/mol. The van der Waals surface area contributed by atoms with E-state index in [0.717, 1.165) is 39.2 Å². The van der Waals surface area contributed by atoms with Gasteiger partial charge in [0.15, 0.2) is 11.5 Å². The van der Waals surface area contributed by atoms with Crippen LogP contribution in [0.3, 0.4) is 0 Å². The third kappa shape index (κ3) is 3.82. The molecule has 1 saturated carbocycles. The van der Waals surface area contributed by atoms with Crippen LogP contribution in [0.2, 0.25) is 0 Å². The molecule has 6 nitrogen and oxygen atoms in total. The molecule has 3 rings (SSSR count). The third-order valence-electron chi connectivity index (χ3n) is 4.00. The van der Waals surface area contributed by atoms with Gasteiger partial charge in [0.05, 0.1) is 34.9 Å². The lowest BCUT2D eigenvalue weighted by Gasteiger charge is -2.17. The van der Waals surface area contributed by atoms with Gasteiger partial charge in [0.2, 0.25) is 5.95 Å². The predicted molar refractivity (Wildman–Crippen MR) is 103 cm³/mol. The van der Waals surface area contributed by atoms with Crippen LogP contribution in [0, 0.1) is 10.5 Å². The zero-order valence-electron chi connectivity index (χ0n) is 13.8. The summed E-state index contributed by atoms with van der Waals surface area (Å²) in [6, 6.07) is 3.95. The molecule has 1 fully saturated rings. The normalized spacial score (nSPS) is 15.3. The molecule has 24 heavy (non-hydrogen) atoms. The minimum atomic E-state index is 0.292. The second-order valence-corrected chi connectivity index (χ2v) is 7.05. The second kappa shape index (κ2) is 7.42. The number of aromatic nitrogens is 2. The molecule has 1 aromatic heterocycles. The summed E-state index contributed by atoms with van der Waals surface area (Å²) in [5, 5.41) is 4.35. The molecule has 1 aromatic carbocycles. The average Bonchev–Trinajstić information content (AvgIpc) is 3.16. The molecule has 0 bridgehead atoms. The molecule has 0 amide bonds. The topological polar surface area (TPSA) is 74.7 Å². The number of nitrogens with two attached hydrogens (primary N) is 1. The smallest absolute Gasteiger partial charge is 0.221 e. The molecule has 128 valence electrons. The lowest BCUT2D eigenvalue weighted by molar-refractivity contribution is 0.199. The van der Waals surface area contributed by atoms with Gasteiger partial charge in [0.25, 0.3) is 0 Å². The van der Waals surface area contributed by atoms with Crippen molar-refractivity contribution in [1.82, 2.24) is 9.66 Å². The van der Waals surface area contributed by atoms with Crippen LogP contribution in [0.15, 0.2) is 23.4 Å². The predicted octanol–water partition coefficient (Wildman–Crippen LogP) is 3.59. The van der Waals surface area contributed by atoms with Gasteiger partial charge < -0.3 is 15.2 Å². The first-order chi connectivity index (χ1) is 11.6. The summed E-state index contributed by atoms with van der Waals surface area (Å²) in [5.74, 6) is 1.91. The van der Waals surface area contributed by atoms with E-state index in [0.29, 0.717) is 12.1 Å². The molecule has 1 heterocycles. The van der Waals surface area contributed by atoms with Gasteiger partial charge >= 0.3 is 0 Å². The summed E-state index contributed by atoms with van der Waals surface area (Å²) in [4.78, 5) is 4.13. The summed E-state index contributed by atoms with van der Waals surface area (Å²) < 4.78 is 14.2. The number of benzene rings is 1. The molecular formula is C17H21IN4O2. The number of ether oxygens (including phenoxy) is 2. The van der Waals surface area contributed by atoms with E-state index < -0.39 is 0 Å². The van der Waals surface area contributed by atoms with Crippen LogP contribution in [-0.4, -0.2) is 29.1 Å². The highest BCUT2D eigenvalue weighted by molar-refractivity contribution is 14.1. The molecule has 0 saturated heterocycles. The Bertz CT molecular complexity index is 751. The standard InChI is InChI=1S/C17H21IN4O2/c1-11-10-22(17(19)21-11)20-9-12-7-14(18)16(15(8-12)23-2)24-13-5-3-4-6-13/h7-10,13H,3-6H2,1-2H3,(H2,19,21). The van der Waals surface area contributed by atoms with E-state index in [9.17, 15) is 0 Å². The van der Waals surface area contributed by atoms with E-state index >= 15 is 0 Å². The summed E-state index contributed by atoms with van der Waals surface area (Å²) in [7, 11) is 1.66. The maximum atomic E-state index is 6.16. The number of imidazole rings is 1. The number of halogens is 1. The maximum absolute atomic E-state index is 6.16. The first-order valence-corrected chi connectivity index (χ1v) is 9.04. The Balaban J connectivity index is 1.84. The van der Waals surface area contributed by atoms with Gasteiger partial charge in [-0.15, -0.1) is 0 Å². The fourth-order valence-corrected chi connectivity index (χ4v) is 3.58. The van der Waals surface area contributed by atoms with Gasteiger partial charge in [-0.1, -0.05) is 0 Å². The zero-order valence-corrected chi connectivity index (χ0v) is 16.0. The van der Waals surface area contributed by atoms with Crippen molar-refractivity contribution in [1.29, 1.82) is 0 Å². The third-order valence-corrected chi connectivity index (χ3v) is 4.81. The largest absolute Gasteiger partial charge is 0.493 e. The number of aryl methyl sites for hydroxylation is 1. The van der Waals surface area contributed by atoms with Crippen LogP contribution in [0.25, 0.3) is 0 Å². The van der Waals surface area contributed by atoms with Gasteiger partial charge in [0.1, 0.15) is 0 Å². The molecule has 1 aliphatic rings. The highest BCUT2D eigenvalue weighted by atomic mass is 127. The molecular weight excluding hydrogens is 419 g/mol. The van der Waals surface area contributed by atoms with Crippen molar-refractivity contribution in [3.8, 4) is 11.5 Å². The van der Waals surface area contributed by atoms with Crippen LogP contribution < -0.4 is 15.2 Å². The summed E-state index contributed by atoms with van der Waals surface area (Å²) in [5.41, 5.74) is 7.55. The van der Waals surface area contributed by atoms with Crippen molar-refractivity contribution in [2.24, 2.45) is 5.10 Å². The fourth-order valence-electron chi connectivity index (χ4n) is 2.83. The molecule has 7 heteroatoms. The SMILES string of the molecule is COc1cc(C=Nn2cc(C)nc2N)cc(I)c1OC1CCCC1. The lowest BCUT2D eigenvalue weighted by Crippen LogP contribution is -2.12. The number of nitrogen functional groups attached to an aromatic ring is 1. The van der Waals surface area contributed by atoms with Crippen molar-refractivity contribution in [3.63, 3.8) is 0 Å². The van der Waals surface area contributed by atoms with E-state index in [1.54, 1.807) is 24.2 Å². The van der Waals surface area contributed by atoms with E-state index in [1.165, 1.54) is 12.8 Å². The molecule has 1 aliphatic carbocycles. The lowest BCUT2D eigenvalue weighted by atomic mass is 10.2. The van der Waals surface area contributed by atoms with Gasteiger partial charge in [-0.2, -0.15) is 5.10 Å². The van der Waals surface area contributed by atoms with Crippen LogP contribution in [-0.2, 0) is 0 Å². The number of nitrogens with zero attached hydrogens (tertiary/aromatic N) is 3. The van der Waals surface area contributed by atoms with Gasteiger partial charge in [-0.3, -0.25) is 0 Å². The summed E-state index contributed by atoms with van der Waals surface area (Å²) in [6.07, 6.45) is 8.51. The van der Waals surface area contributed by atoms with E-state index in [-0.39, 0.29) is 0 Å². The number of methoxy groups -OCH3 is 1. The number of anilines is 1. The van der Waals surface area contributed by atoms with Gasteiger partial charge in [-0.25, -0.2) is 9.66 Å². The van der Waals surface area contributed by atoms with Crippen molar-refractivity contribution in [2.75, 3.05) is 12.8 Å².